The van der Waals surface area contributed by atoms with Gasteiger partial charge in [0, 0.05) is 24.2 Å². The zero-order valence-electron chi connectivity index (χ0n) is 12.3. The van der Waals surface area contributed by atoms with E-state index in [1.807, 2.05) is 18.7 Å². The molecule has 20 heavy (non-hydrogen) atoms. The van der Waals surface area contributed by atoms with Crippen molar-refractivity contribution in [3.63, 3.8) is 0 Å². The Balaban J connectivity index is 2.03. The van der Waals surface area contributed by atoms with Gasteiger partial charge in [-0.15, -0.1) is 0 Å². The summed E-state index contributed by atoms with van der Waals surface area (Å²) in [6.45, 7) is 5.45. The van der Waals surface area contributed by atoms with Gasteiger partial charge in [0.25, 0.3) is 5.92 Å². The van der Waals surface area contributed by atoms with Crippen molar-refractivity contribution in [2.75, 3.05) is 19.6 Å². The van der Waals surface area contributed by atoms with Gasteiger partial charge in [-0.1, -0.05) is 30.3 Å². The van der Waals surface area contributed by atoms with Gasteiger partial charge in [0.2, 0.25) is 0 Å². The molecule has 1 aliphatic rings. The molecule has 1 unspecified atom stereocenters. The van der Waals surface area contributed by atoms with Crippen LogP contribution in [0.3, 0.4) is 0 Å². The Morgan fingerprint density at radius 1 is 1.30 bits per heavy atom. The molecule has 0 spiro atoms. The van der Waals surface area contributed by atoms with Crippen molar-refractivity contribution in [3.8, 4) is 0 Å². The van der Waals surface area contributed by atoms with Gasteiger partial charge in [-0.2, -0.15) is 8.78 Å². The number of nitrogens with one attached hydrogen (secondary N) is 1. The summed E-state index contributed by atoms with van der Waals surface area (Å²) < 4.78 is 28.8. The Kier molecular flexibility index (Phi) is 5.11. The monoisotopic (exact) mass is 282 g/mol. The molecule has 1 atom stereocenters. The summed E-state index contributed by atoms with van der Waals surface area (Å²) in [6.07, 6.45) is 2.23. The number of alkyl halides is 2. The molecule has 1 fully saturated rings. The van der Waals surface area contributed by atoms with Crippen LogP contribution in [0.25, 0.3) is 0 Å². The van der Waals surface area contributed by atoms with Gasteiger partial charge in [0.15, 0.2) is 0 Å². The van der Waals surface area contributed by atoms with E-state index in [2.05, 4.69) is 5.32 Å². The van der Waals surface area contributed by atoms with Crippen molar-refractivity contribution in [1.29, 1.82) is 0 Å². The van der Waals surface area contributed by atoms with Crippen LogP contribution < -0.4 is 5.32 Å². The number of rotatable bonds is 6. The summed E-state index contributed by atoms with van der Waals surface area (Å²) in [4.78, 5) is 1.88. The summed E-state index contributed by atoms with van der Waals surface area (Å²) in [7, 11) is 0. The predicted molar refractivity (Wildman–Crippen MR) is 78.1 cm³/mol. The van der Waals surface area contributed by atoms with Crippen LogP contribution in [0.15, 0.2) is 30.3 Å². The fourth-order valence-electron chi connectivity index (χ4n) is 2.68. The first kappa shape index (κ1) is 15.4. The maximum absolute atomic E-state index is 14.4. The molecule has 0 saturated carbocycles. The quantitative estimate of drug-likeness (QED) is 0.861. The highest BCUT2D eigenvalue weighted by atomic mass is 19.3. The number of hydrogen-bond donors (Lipinski definition) is 1. The molecule has 0 aliphatic carbocycles. The fourth-order valence-corrected chi connectivity index (χ4v) is 2.68. The Hall–Kier alpha value is -1.00. The number of halogens is 2. The largest absolute Gasteiger partial charge is 0.313 e. The van der Waals surface area contributed by atoms with Gasteiger partial charge < -0.3 is 5.32 Å². The minimum atomic E-state index is -2.80. The van der Waals surface area contributed by atoms with Gasteiger partial charge in [0.05, 0.1) is 6.54 Å². The molecule has 112 valence electrons. The summed E-state index contributed by atoms with van der Waals surface area (Å²) in [5.74, 6) is -2.80. The van der Waals surface area contributed by atoms with Crippen molar-refractivity contribution in [2.24, 2.45) is 0 Å². The molecule has 1 aliphatic heterocycles. The van der Waals surface area contributed by atoms with Crippen LogP contribution in [0.1, 0.15) is 32.3 Å². The summed E-state index contributed by atoms with van der Waals surface area (Å²) in [5.41, 5.74) is 0.102. The molecule has 0 aromatic heterocycles. The minimum Gasteiger partial charge on any atom is -0.313 e. The Labute approximate surface area is 120 Å². The Morgan fingerprint density at radius 3 is 2.55 bits per heavy atom. The van der Waals surface area contributed by atoms with Crippen LogP contribution in [-0.4, -0.2) is 36.6 Å². The zero-order valence-corrected chi connectivity index (χ0v) is 12.3. The highest BCUT2D eigenvalue weighted by Gasteiger charge is 2.35. The van der Waals surface area contributed by atoms with Gasteiger partial charge in [0.1, 0.15) is 0 Å². The Morgan fingerprint density at radius 2 is 2.00 bits per heavy atom. The molecular weight excluding hydrogens is 258 g/mol. The third kappa shape index (κ3) is 4.00. The second kappa shape index (κ2) is 6.64. The lowest BCUT2D eigenvalue weighted by atomic mass is 10.1. The lowest BCUT2D eigenvalue weighted by molar-refractivity contribution is -0.0466. The van der Waals surface area contributed by atoms with Gasteiger partial charge >= 0.3 is 0 Å². The van der Waals surface area contributed by atoms with Crippen LogP contribution in [0.5, 0.6) is 0 Å². The van der Waals surface area contributed by atoms with Crippen LogP contribution >= 0.6 is 0 Å². The van der Waals surface area contributed by atoms with E-state index in [1.54, 1.807) is 18.2 Å². The molecule has 1 aromatic rings. The highest BCUT2D eigenvalue weighted by Crippen LogP contribution is 2.29. The molecular formula is C16H24F2N2. The second-order valence-electron chi connectivity index (χ2n) is 5.89. The fraction of sp³-hybridized carbons (Fsp3) is 0.625. The molecule has 0 amide bonds. The molecule has 1 N–H and O–H groups in total. The lowest BCUT2D eigenvalue weighted by Gasteiger charge is -2.32. The zero-order chi connectivity index (χ0) is 14.6. The molecule has 4 heteroatoms. The van der Waals surface area contributed by atoms with E-state index >= 15 is 0 Å². The van der Waals surface area contributed by atoms with Gasteiger partial charge in [-0.25, -0.2) is 0 Å². The molecule has 1 saturated heterocycles. The summed E-state index contributed by atoms with van der Waals surface area (Å²) >= 11 is 0. The van der Waals surface area contributed by atoms with Crippen LogP contribution in [0.2, 0.25) is 0 Å². The average molecular weight is 282 g/mol. The number of nitrogens with zero attached hydrogens (tertiary/aromatic N) is 1. The third-order valence-electron chi connectivity index (χ3n) is 3.95. The van der Waals surface area contributed by atoms with E-state index < -0.39 is 5.92 Å². The molecule has 1 heterocycles. The number of hydrogen-bond acceptors (Lipinski definition) is 2. The van der Waals surface area contributed by atoms with E-state index in [4.69, 9.17) is 0 Å². The van der Waals surface area contributed by atoms with Crippen molar-refractivity contribution in [3.05, 3.63) is 35.9 Å². The third-order valence-corrected chi connectivity index (χ3v) is 3.95. The van der Waals surface area contributed by atoms with Crippen LogP contribution in [0, 0.1) is 0 Å². The summed E-state index contributed by atoms with van der Waals surface area (Å²) in [6, 6.07) is 8.58. The van der Waals surface area contributed by atoms with E-state index in [0.29, 0.717) is 12.6 Å². The first-order valence-corrected chi connectivity index (χ1v) is 7.40. The van der Waals surface area contributed by atoms with E-state index in [9.17, 15) is 8.78 Å². The van der Waals surface area contributed by atoms with Gasteiger partial charge in [-0.3, -0.25) is 4.90 Å². The SMILES string of the molecule is CC(C)N(CC1CCCN1)CC(F)(F)c1ccccc1. The molecule has 2 nitrogen and oxygen atoms in total. The van der Waals surface area contributed by atoms with Crippen molar-refractivity contribution in [1.82, 2.24) is 10.2 Å². The molecule has 0 radical (unpaired) electrons. The maximum atomic E-state index is 14.4. The number of benzene rings is 1. The second-order valence-corrected chi connectivity index (χ2v) is 5.89. The van der Waals surface area contributed by atoms with Crippen LogP contribution in [0.4, 0.5) is 8.78 Å². The first-order chi connectivity index (χ1) is 9.49. The smallest absolute Gasteiger partial charge is 0.285 e. The van der Waals surface area contributed by atoms with Crippen LogP contribution in [-0.2, 0) is 5.92 Å². The van der Waals surface area contributed by atoms with Gasteiger partial charge in [-0.05, 0) is 33.2 Å². The van der Waals surface area contributed by atoms with Crippen molar-refractivity contribution in [2.45, 2.75) is 44.7 Å². The molecule has 2 rings (SSSR count). The first-order valence-electron chi connectivity index (χ1n) is 7.40. The highest BCUT2D eigenvalue weighted by molar-refractivity contribution is 5.20. The average Bonchev–Trinajstić information content (AvgIpc) is 2.91. The van der Waals surface area contributed by atoms with E-state index in [1.165, 1.54) is 12.1 Å². The predicted octanol–water partition coefficient (Wildman–Crippen LogP) is 3.24. The topological polar surface area (TPSA) is 15.3 Å². The lowest BCUT2D eigenvalue weighted by Crippen LogP contribution is -2.45. The normalized spacial score (nSPS) is 20.0. The molecule has 0 bridgehead atoms. The van der Waals surface area contributed by atoms with Crippen molar-refractivity contribution < 1.29 is 8.78 Å². The maximum Gasteiger partial charge on any atom is 0.285 e. The Bertz CT molecular complexity index is 400. The standard InChI is InChI=1S/C16H24F2N2/c1-13(2)20(11-15-9-6-10-19-15)12-16(17,18)14-7-4-3-5-8-14/h3-5,7-8,13,15,19H,6,9-12H2,1-2H3. The minimum absolute atomic E-state index is 0.102. The van der Waals surface area contributed by atoms with E-state index in [-0.39, 0.29) is 18.2 Å². The van der Waals surface area contributed by atoms with E-state index in [0.717, 1.165) is 19.4 Å². The molecule has 1 aromatic carbocycles. The van der Waals surface area contributed by atoms with Crippen molar-refractivity contribution >= 4 is 0 Å². The summed E-state index contributed by atoms with van der Waals surface area (Å²) in [5, 5.41) is 3.38.